The van der Waals surface area contributed by atoms with Crippen molar-refractivity contribution in [2.24, 2.45) is 7.05 Å². The SMILES string of the molecule is CCCCCCCCSc1nc2cnccc2n1C. The summed E-state index contributed by atoms with van der Waals surface area (Å²) in [5, 5.41) is 1.11. The first-order valence-corrected chi connectivity index (χ1v) is 8.20. The van der Waals surface area contributed by atoms with E-state index in [1.54, 1.807) is 0 Å². The van der Waals surface area contributed by atoms with Gasteiger partial charge in [0.1, 0.15) is 5.52 Å². The van der Waals surface area contributed by atoms with Gasteiger partial charge in [-0.1, -0.05) is 50.8 Å². The summed E-state index contributed by atoms with van der Waals surface area (Å²) in [7, 11) is 2.08. The standard InChI is InChI=1S/C15H23N3S/c1-3-4-5-6-7-8-11-19-15-17-13-12-16-10-9-14(13)18(15)2/h9-10,12H,3-8,11H2,1-2H3. The van der Waals surface area contributed by atoms with Crippen molar-refractivity contribution in [3.63, 3.8) is 0 Å². The Labute approximate surface area is 119 Å². The van der Waals surface area contributed by atoms with Gasteiger partial charge in [-0.2, -0.15) is 0 Å². The van der Waals surface area contributed by atoms with E-state index in [1.807, 2.05) is 30.2 Å². The lowest BCUT2D eigenvalue weighted by Gasteiger charge is -2.02. The van der Waals surface area contributed by atoms with Crippen LogP contribution in [0.1, 0.15) is 45.4 Å². The van der Waals surface area contributed by atoms with Gasteiger partial charge in [-0.15, -0.1) is 0 Å². The normalized spacial score (nSPS) is 11.3. The van der Waals surface area contributed by atoms with E-state index in [1.165, 1.54) is 44.0 Å². The molecule has 0 bridgehead atoms. The highest BCUT2D eigenvalue weighted by Crippen LogP contribution is 2.23. The Kier molecular flexibility index (Phi) is 5.70. The first-order chi connectivity index (χ1) is 9.33. The van der Waals surface area contributed by atoms with Gasteiger partial charge in [0.25, 0.3) is 0 Å². The summed E-state index contributed by atoms with van der Waals surface area (Å²) in [6.45, 7) is 2.26. The van der Waals surface area contributed by atoms with Crippen molar-refractivity contribution >= 4 is 22.8 Å². The highest BCUT2D eigenvalue weighted by Gasteiger charge is 2.07. The number of hydrogen-bond donors (Lipinski definition) is 0. The third kappa shape index (κ3) is 3.96. The topological polar surface area (TPSA) is 30.7 Å². The van der Waals surface area contributed by atoms with Crippen LogP contribution in [0.5, 0.6) is 0 Å². The first kappa shape index (κ1) is 14.4. The average Bonchev–Trinajstić information content (AvgIpc) is 2.75. The molecule has 0 unspecified atom stereocenters. The Bertz CT molecular complexity index is 507. The number of fused-ring (bicyclic) bond motifs is 1. The lowest BCUT2D eigenvalue weighted by Crippen LogP contribution is -1.91. The van der Waals surface area contributed by atoms with Gasteiger partial charge in [0, 0.05) is 19.0 Å². The van der Waals surface area contributed by atoms with Gasteiger partial charge in [0.2, 0.25) is 0 Å². The van der Waals surface area contributed by atoms with E-state index in [0.717, 1.165) is 16.4 Å². The van der Waals surface area contributed by atoms with E-state index in [-0.39, 0.29) is 0 Å². The lowest BCUT2D eigenvalue weighted by atomic mass is 10.1. The fourth-order valence-electron chi connectivity index (χ4n) is 2.20. The first-order valence-electron chi connectivity index (χ1n) is 7.22. The van der Waals surface area contributed by atoms with Gasteiger partial charge in [-0.3, -0.25) is 4.98 Å². The number of aromatic nitrogens is 3. The Balaban J connectivity index is 1.77. The average molecular weight is 277 g/mol. The van der Waals surface area contributed by atoms with Crippen molar-refractivity contribution in [2.75, 3.05) is 5.75 Å². The zero-order valence-electron chi connectivity index (χ0n) is 11.9. The number of aryl methyl sites for hydroxylation is 1. The summed E-state index contributed by atoms with van der Waals surface area (Å²) in [6, 6.07) is 2.02. The van der Waals surface area contributed by atoms with Crippen molar-refractivity contribution in [3.8, 4) is 0 Å². The van der Waals surface area contributed by atoms with Crippen LogP contribution in [0.3, 0.4) is 0 Å². The molecular weight excluding hydrogens is 254 g/mol. The summed E-state index contributed by atoms with van der Waals surface area (Å²) < 4.78 is 2.17. The molecule has 0 radical (unpaired) electrons. The molecule has 0 aliphatic heterocycles. The molecule has 0 amide bonds. The van der Waals surface area contributed by atoms with Crippen LogP contribution in [0.4, 0.5) is 0 Å². The van der Waals surface area contributed by atoms with Gasteiger partial charge in [-0.05, 0) is 12.5 Å². The Hall–Kier alpha value is -1.03. The molecule has 0 saturated carbocycles. The Morgan fingerprint density at radius 2 is 1.95 bits per heavy atom. The van der Waals surface area contributed by atoms with Crippen LogP contribution in [0.2, 0.25) is 0 Å². The van der Waals surface area contributed by atoms with E-state index >= 15 is 0 Å². The number of nitrogens with zero attached hydrogens (tertiary/aromatic N) is 3. The molecule has 2 rings (SSSR count). The van der Waals surface area contributed by atoms with Crippen molar-refractivity contribution < 1.29 is 0 Å². The number of rotatable bonds is 8. The highest BCUT2D eigenvalue weighted by molar-refractivity contribution is 7.99. The maximum Gasteiger partial charge on any atom is 0.168 e. The summed E-state index contributed by atoms with van der Waals surface area (Å²) in [5.41, 5.74) is 2.16. The predicted molar refractivity (Wildman–Crippen MR) is 82.6 cm³/mol. The second-order valence-corrected chi connectivity index (χ2v) is 6.00. The van der Waals surface area contributed by atoms with Crippen molar-refractivity contribution in [2.45, 2.75) is 50.6 Å². The summed E-state index contributed by atoms with van der Waals surface area (Å²) in [4.78, 5) is 8.74. The van der Waals surface area contributed by atoms with E-state index in [0.29, 0.717) is 0 Å². The summed E-state index contributed by atoms with van der Waals surface area (Å²) in [6.07, 6.45) is 11.8. The summed E-state index contributed by atoms with van der Waals surface area (Å²) >= 11 is 1.86. The van der Waals surface area contributed by atoms with Crippen LogP contribution in [-0.4, -0.2) is 20.3 Å². The molecule has 0 saturated heterocycles. The molecule has 2 aromatic heterocycles. The van der Waals surface area contributed by atoms with Crippen LogP contribution in [0.15, 0.2) is 23.6 Å². The van der Waals surface area contributed by atoms with E-state index in [4.69, 9.17) is 0 Å². The van der Waals surface area contributed by atoms with Crippen molar-refractivity contribution in [1.29, 1.82) is 0 Å². The maximum absolute atomic E-state index is 4.62. The van der Waals surface area contributed by atoms with Crippen LogP contribution in [-0.2, 0) is 7.05 Å². The zero-order chi connectivity index (χ0) is 13.5. The predicted octanol–water partition coefficient (Wildman–Crippen LogP) is 4.42. The minimum Gasteiger partial charge on any atom is -0.322 e. The molecule has 2 aromatic rings. The van der Waals surface area contributed by atoms with Crippen LogP contribution >= 0.6 is 11.8 Å². The van der Waals surface area contributed by atoms with Crippen LogP contribution in [0.25, 0.3) is 11.0 Å². The molecule has 0 atom stereocenters. The monoisotopic (exact) mass is 277 g/mol. The Morgan fingerprint density at radius 1 is 1.16 bits per heavy atom. The fraction of sp³-hybridized carbons (Fsp3) is 0.600. The minimum atomic E-state index is 0.996. The van der Waals surface area contributed by atoms with Gasteiger partial charge < -0.3 is 4.57 Å². The molecule has 2 heterocycles. The molecule has 0 spiro atoms. The molecule has 0 aliphatic carbocycles. The number of unbranched alkanes of at least 4 members (excludes halogenated alkanes) is 5. The van der Waals surface area contributed by atoms with E-state index in [2.05, 4.69) is 28.5 Å². The van der Waals surface area contributed by atoms with Gasteiger partial charge in [0.15, 0.2) is 5.16 Å². The van der Waals surface area contributed by atoms with Crippen molar-refractivity contribution in [3.05, 3.63) is 18.5 Å². The molecular formula is C15H23N3S. The zero-order valence-corrected chi connectivity index (χ0v) is 12.7. The van der Waals surface area contributed by atoms with Gasteiger partial charge in [-0.25, -0.2) is 4.98 Å². The summed E-state index contributed by atoms with van der Waals surface area (Å²) in [5.74, 6) is 1.16. The molecule has 0 fully saturated rings. The largest absolute Gasteiger partial charge is 0.322 e. The maximum atomic E-state index is 4.62. The van der Waals surface area contributed by atoms with Gasteiger partial charge in [0.05, 0.1) is 11.7 Å². The quantitative estimate of drug-likeness (QED) is 0.528. The van der Waals surface area contributed by atoms with E-state index in [9.17, 15) is 0 Å². The van der Waals surface area contributed by atoms with Crippen LogP contribution in [0, 0.1) is 0 Å². The highest BCUT2D eigenvalue weighted by atomic mass is 32.2. The lowest BCUT2D eigenvalue weighted by molar-refractivity contribution is 0.626. The number of hydrogen-bond acceptors (Lipinski definition) is 3. The molecule has 0 aliphatic rings. The number of imidazole rings is 1. The third-order valence-corrected chi connectivity index (χ3v) is 4.49. The van der Waals surface area contributed by atoms with Gasteiger partial charge >= 0.3 is 0 Å². The Morgan fingerprint density at radius 3 is 2.74 bits per heavy atom. The molecule has 0 aromatic carbocycles. The minimum absolute atomic E-state index is 0.996. The molecule has 3 nitrogen and oxygen atoms in total. The third-order valence-electron chi connectivity index (χ3n) is 3.37. The fourth-order valence-corrected chi connectivity index (χ4v) is 3.19. The van der Waals surface area contributed by atoms with E-state index < -0.39 is 0 Å². The van der Waals surface area contributed by atoms with Crippen LogP contribution < -0.4 is 0 Å². The number of pyridine rings is 1. The second-order valence-electron chi connectivity index (χ2n) is 4.93. The van der Waals surface area contributed by atoms with Crippen molar-refractivity contribution in [1.82, 2.24) is 14.5 Å². The smallest absolute Gasteiger partial charge is 0.168 e. The second kappa shape index (κ2) is 7.53. The molecule has 0 N–H and O–H groups in total. The molecule has 19 heavy (non-hydrogen) atoms. The molecule has 104 valence electrons. The molecule has 4 heteroatoms. The number of thioether (sulfide) groups is 1.